The fourth-order valence-corrected chi connectivity index (χ4v) is 3.03. The summed E-state index contributed by atoms with van der Waals surface area (Å²) in [7, 11) is 0. The number of Topliss-reactive ketones (excluding diaryl/α,β-unsaturated/α-hetero) is 1. The lowest BCUT2D eigenvalue weighted by Crippen LogP contribution is -2.03. The molecule has 7 nitrogen and oxygen atoms in total. The number of benzene rings is 1. The largest absolute Gasteiger partial charge is 0.511 e. The van der Waals surface area contributed by atoms with Gasteiger partial charge in [0.25, 0.3) is 0 Å². The minimum atomic E-state index is -0.309. The second kappa shape index (κ2) is 6.98. The third-order valence-corrected chi connectivity index (χ3v) is 4.64. The first-order valence-corrected chi connectivity index (χ1v) is 8.14. The first kappa shape index (κ1) is 17.0. The number of aromatic nitrogens is 5. The van der Waals surface area contributed by atoms with Gasteiger partial charge in [0.2, 0.25) is 0 Å². The van der Waals surface area contributed by atoms with Gasteiger partial charge in [-0.1, -0.05) is 29.1 Å². The maximum absolute atomic E-state index is 13.0. The Labute approximate surface area is 146 Å². The number of nitrogens with zero attached hydrogens (tertiary/aromatic N) is 5. The van der Waals surface area contributed by atoms with Crippen molar-refractivity contribution >= 4 is 28.7 Å². The van der Waals surface area contributed by atoms with E-state index in [1.165, 1.54) is 32.3 Å². The van der Waals surface area contributed by atoms with Crippen molar-refractivity contribution < 1.29 is 14.3 Å². The number of ketones is 1. The molecule has 1 N–H and O–H groups in total. The minimum Gasteiger partial charge on any atom is -0.511 e. The van der Waals surface area contributed by atoms with Crippen molar-refractivity contribution in [3.63, 3.8) is 0 Å². The molecule has 0 radical (unpaired) electrons. The highest BCUT2D eigenvalue weighted by molar-refractivity contribution is 8.04. The average molecular weight is 359 g/mol. The van der Waals surface area contributed by atoms with Crippen LogP contribution in [0.3, 0.4) is 0 Å². The van der Waals surface area contributed by atoms with Crippen molar-refractivity contribution in [2.24, 2.45) is 0 Å². The summed E-state index contributed by atoms with van der Waals surface area (Å²) in [6.07, 6.45) is 1.35. The third-order valence-electron chi connectivity index (χ3n) is 3.36. The molecule has 0 spiro atoms. The molecular weight excluding hydrogens is 345 g/mol. The van der Waals surface area contributed by atoms with E-state index < -0.39 is 0 Å². The number of aliphatic hydroxyl groups is 1. The number of rotatable bonds is 5. The Morgan fingerprint density at radius 1 is 1.24 bits per heavy atom. The topological polar surface area (TPSA) is 93.8 Å². The van der Waals surface area contributed by atoms with Crippen LogP contribution in [0.15, 0.2) is 46.3 Å². The first-order chi connectivity index (χ1) is 12.0. The molecule has 0 amide bonds. The number of aliphatic hydroxyl groups excluding tert-OH is 1. The number of carbonyl (C=O) groups is 1. The van der Waals surface area contributed by atoms with Gasteiger partial charge in [-0.05, 0) is 31.5 Å². The van der Waals surface area contributed by atoms with Gasteiger partial charge < -0.3 is 5.11 Å². The van der Waals surface area contributed by atoms with Crippen molar-refractivity contribution in [3.05, 3.63) is 52.6 Å². The summed E-state index contributed by atoms with van der Waals surface area (Å²) in [6, 6.07) is 6.06. The van der Waals surface area contributed by atoms with Gasteiger partial charge in [-0.3, -0.25) is 4.79 Å². The van der Waals surface area contributed by atoms with Crippen LogP contribution in [-0.2, 0) is 11.3 Å². The molecule has 0 unspecified atom stereocenters. The molecule has 0 aliphatic heterocycles. The normalized spacial score (nSPS) is 12.3. The molecule has 2 aromatic heterocycles. The second-order valence-electron chi connectivity index (χ2n) is 5.30. The lowest BCUT2D eigenvalue weighted by atomic mass is 10.2. The molecule has 0 fully saturated rings. The maximum Gasteiger partial charge on any atom is 0.183 e. The Hall–Kier alpha value is -2.81. The number of thioether (sulfide) groups is 1. The van der Waals surface area contributed by atoms with Crippen LogP contribution in [0.4, 0.5) is 4.39 Å². The van der Waals surface area contributed by atoms with Crippen LogP contribution in [0.25, 0.3) is 11.2 Å². The summed E-state index contributed by atoms with van der Waals surface area (Å²) in [5, 5.41) is 18.2. The summed E-state index contributed by atoms with van der Waals surface area (Å²) in [5.41, 5.74) is 1.76. The number of halogens is 1. The molecular formula is C16H14FN5O2S. The van der Waals surface area contributed by atoms with Crippen LogP contribution in [0.1, 0.15) is 19.4 Å². The van der Waals surface area contributed by atoms with E-state index in [2.05, 4.69) is 20.3 Å². The summed E-state index contributed by atoms with van der Waals surface area (Å²) < 4.78 is 14.6. The monoisotopic (exact) mass is 359 g/mol. The predicted octanol–water partition coefficient (Wildman–Crippen LogP) is 2.88. The van der Waals surface area contributed by atoms with Crippen molar-refractivity contribution in [3.8, 4) is 0 Å². The summed E-state index contributed by atoms with van der Waals surface area (Å²) in [4.78, 5) is 20.2. The molecule has 1 aromatic carbocycles. The van der Waals surface area contributed by atoms with Gasteiger partial charge in [-0.25, -0.2) is 19.0 Å². The van der Waals surface area contributed by atoms with Crippen LogP contribution < -0.4 is 0 Å². The van der Waals surface area contributed by atoms with Crippen LogP contribution in [0.5, 0.6) is 0 Å². The molecule has 0 saturated heterocycles. The van der Waals surface area contributed by atoms with E-state index in [0.29, 0.717) is 22.7 Å². The van der Waals surface area contributed by atoms with Crippen molar-refractivity contribution in [1.82, 2.24) is 25.0 Å². The number of fused-ring (bicyclic) bond motifs is 1. The molecule has 0 atom stereocenters. The molecule has 9 heteroatoms. The van der Waals surface area contributed by atoms with E-state index in [4.69, 9.17) is 0 Å². The van der Waals surface area contributed by atoms with E-state index in [-0.39, 0.29) is 22.3 Å². The lowest BCUT2D eigenvalue weighted by Gasteiger charge is -2.05. The quantitative estimate of drug-likeness (QED) is 0.324. The van der Waals surface area contributed by atoms with Crippen LogP contribution in [-0.4, -0.2) is 35.9 Å². The lowest BCUT2D eigenvalue weighted by molar-refractivity contribution is -0.113. The van der Waals surface area contributed by atoms with Gasteiger partial charge in [-0.2, -0.15) is 0 Å². The van der Waals surface area contributed by atoms with Gasteiger partial charge in [0.05, 0.1) is 11.4 Å². The average Bonchev–Trinajstić information content (AvgIpc) is 2.98. The van der Waals surface area contributed by atoms with E-state index in [1.807, 2.05) is 0 Å². The van der Waals surface area contributed by atoms with Gasteiger partial charge >= 0.3 is 0 Å². The summed E-state index contributed by atoms with van der Waals surface area (Å²) >= 11 is 1.02. The minimum absolute atomic E-state index is 0.0806. The zero-order valence-electron chi connectivity index (χ0n) is 13.5. The molecule has 128 valence electrons. The Morgan fingerprint density at radius 2 is 1.96 bits per heavy atom. The number of hydrogen-bond donors (Lipinski definition) is 1. The van der Waals surface area contributed by atoms with Gasteiger partial charge in [0.15, 0.2) is 16.9 Å². The van der Waals surface area contributed by atoms with E-state index in [1.54, 1.807) is 16.8 Å². The van der Waals surface area contributed by atoms with Crippen LogP contribution in [0, 0.1) is 5.82 Å². The Morgan fingerprint density at radius 3 is 2.60 bits per heavy atom. The highest BCUT2D eigenvalue weighted by atomic mass is 32.2. The van der Waals surface area contributed by atoms with Gasteiger partial charge in [-0.15, -0.1) is 5.10 Å². The summed E-state index contributed by atoms with van der Waals surface area (Å²) in [5.74, 6) is -0.658. The standard InChI is InChI=1S/C16H14FN5O2S/c1-9(23)14(10(2)24)25-16-13-15(18-8-19-16)22(21-20-13)7-11-3-5-12(17)6-4-11/h3-6,8,23H,7H2,1-2H3/b14-9-. The van der Waals surface area contributed by atoms with E-state index in [9.17, 15) is 14.3 Å². The van der Waals surface area contributed by atoms with Crippen molar-refractivity contribution in [1.29, 1.82) is 0 Å². The number of allylic oxidation sites excluding steroid dienone is 2. The van der Waals surface area contributed by atoms with E-state index in [0.717, 1.165) is 17.3 Å². The summed E-state index contributed by atoms with van der Waals surface area (Å²) in [6.45, 7) is 3.17. The Kier molecular flexibility index (Phi) is 4.75. The SMILES string of the molecule is CC(=O)/C(Sc1ncnc2c1nnn2Cc1ccc(F)cc1)=C(\C)O. The van der Waals surface area contributed by atoms with Crippen molar-refractivity contribution in [2.75, 3.05) is 0 Å². The predicted molar refractivity (Wildman–Crippen MR) is 90.5 cm³/mol. The molecule has 3 rings (SSSR count). The van der Waals surface area contributed by atoms with Gasteiger partial charge in [0.1, 0.15) is 22.9 Å². The molecule has 0 bridgehead atoms. The zero-order chi connectivity index (χ0) is 18.0. The van der Waals surface area contributed by atoms with Gasteiger partial charge in [0, 0.05) is 0 Å². The smallest absolute Gasteiger partial charge is 0.183 e. The number of carbonyl (C=O) groups excluding carboxylic acids is 1. The fraction of sp³-hybridized carbons (Fsp3) is 0.188. The second-order valence-corrected chi connectivity index (χ2v) is 6.30. The maximum atomic E-state index is 13.0. The number of hydrogen-bond acceptors (Lipinski definition) is 7. The Bertz CT molecular complexity index is 964. The molecule has 3 aromatic rings. The molecule has 0 saturated carbocycles. The Balaban J connectivity index is 1.96. The third kappa shape index (κ3) is 3.66. The molecule has 2 heterocycles. The van der Waals surface area contributed by atoms with Crippen LogP contribution >= 0.6 is 11.8 Å². The van der Waals surface area contributed by atoms with E-state index >= 15 is 0 Å². The molecule has 0 aliphatic rings. The highest BCUT2D eigenvalue weighted by Crippen LogP contribution is 2.31. The highest BCUT2D eigenvalue weighted by Gasteiger charge is 2.17. The first-order valence-electron chi connectivity index (χ1n) is 7.33. The van der Waals surface area contributed by atoms with Crippen molar-refractivity contribution in [2.45, 2.75) is 25.4 Å². The molecule has 25 heavy (non-hydrogen) atoms. The fourth-order valence-electron chi connectivity index (χ4n) is 2.21. The molecule has 0 aliphatic carbocycles. The zero-order valence-corrected chi connectivity index (χ0v) is 14.3. The van der Waals surface area contributed by atoms with Crippen LogP contribution in [0.2, 0.25) is 0 Å².